The van der Waals surface area contributed by atoms with Crippen molar-refractivity contribution >= 4 is 5.91 Å². The number of aromatic nitrogens is 4. The Labute approximate surface area is 163 Å². The molecule has 0 radical (unpaired) electrons. The molecule has 144 valence electrons. The molecule has 1 saturated heterocycles. The number of carbonyl (C=O) groups is 1. The summed E-state index contributed by atoms with van der Waals surface area (Å²) in [6, 6.07) is 11.9. The summed E-state index contributed by atoms with van der Waals surface area (Å²) in [4.78, 5) is 14.8. The second-order valence-electron chi connectivity index (χ2n) is 7.60. The number of hydrogen-bond donors (Lipinski definition) is 0. The second kappa shape index (κ2) is 6.82. The molecule has 1 amide bonds. The van der Waals surface area contributed by atoms with Crippen LogP contribution in [0.3, 0.4) is 0 Å². The highest BCUT2D eigenvalue weighted by molar-refractivity contribution is 5.92. The van der Waals surface area contributed by atoms with Gasteiger partial charge in [-0.1, -0.05) is 18.2 Å². The number of hydrogen-bond acceptors (Lipinski definition) is 4. The van der Waals surface area contributed by atoms with Crippen molar-refractivity contribution in [3.05, 3.63) is 66.2 Å². The Hall–Kier alpha value is -3.09. The van der Waals surface area contributed by atoms with Crippen molar-refractivity contribution in [2.75, 3.05) is 13.1 Å². The van der Waals surface area contributed by atoms with Crippen molar-refractivity contribution < 1.29 is 9.53 Å². The maximum absolute atomic E-state index is 12.9. The molecule has 0 saturated carbocycles. The van der Waals surface area contributed by atoms with Crippen LogP contribution in [0.4, 0.5) is 0 Å². The molecule has 2 aromatic heterocycles. The molecule has 5 rings (SSSR count). The Balaban J connectivity index is 1.23. The number of ether oxygens (including phenoxy) is 1. The lowest BCUT2D eigenvalue weighted by atomic mass is 9.90. The first-order chi connectivity index (χ1) is 13.7. The van der Waals surface area contributed by atoms with E-state index in [1.807, 2.05) is 46.2 Å². The van der Waals surface area contributed by atoms with Gasteiger partial charge in [0.2, 0.25) is 0 Å². The molecule has 2 aliphatic heterocycles. The van der Waals surface area contributed by atoms with Crippen LogP contribution in [0.25, 0.3) is 0 Å². The third kappa shape index (κ3) is 3.17. The van der Waals surface area contributed by atoms with E-state index in [2.05, 4.69) is 16.3 Å². The molecular formula is C21H23N5O2. The molecule has 3 aromatic rings. The Morgan fingerprint density at radius 3 is 2.86 bits per heavy atom. The van der Waals surface area contributed by atoms with Gasteiger partial charge < -0.3 is 9.64 Å². The number of amides is 1. The summed E-state index contributed by atoms with van der Waals surface area (Å²) in [5.41, 5.74) is 1.50. The van der Waals surface area contributed by atoms with Gasteiger partial charge in [-0.25, -0.2) is 0 Å². The zero-order chi connectivity index (χ0) is 19.0. The van der Waals surface area contributed by atoms with E-state index >= 15 is 0 Å². The summed E-state index contributed by atoms with van der Waals surface area (Å²) in [5, 5.41) is 8.65. The van der Waals surface area contributed by atoms with Crippen LogP contribution in [0.15, 0.2) is 55.0 Å². The minimum Gasteiger partial charge on any atom is -0.485 e. The zero-order valence-electron chi connectivity index (χ0n) is 15.7. The quantitative estimate of drug-likeness (QED) is 0.700. The summed E-state index contributed by atoms with van der Waals surface area (Å²) in [5.74, 6) is 0.947. The van der Waals surface area contributed by atoms with Crippen LogP contribution in [-0.2, 0) is 19.5 Å². The SMILES string of the molecule is O=C(c1ccn(CCn2cccn2)n1)N1CCC2(CCc3ccccc3O2)C1. The predicted molar refractivity (Wildman–Crippen MR) is 103 cm³/mol. The first-order valence-corrected chi connectivity index (χ1v) is 9.78. The molecule has 4 heterocycles. The molecule has 0 bridgehead atoms. The average molecular weight is 377 g/mol. The van der Waals surface area contributed by atoms with Gasteiger partial charge in [0.25, 0.3) is 5.91 Å². The van der Waals surface area contributed by atoms with Crippen molar-refractivity contribution in [1.29, 1.82) is 0 Å². The van der Waals surface area contributed by atoms with Gasteiger partial charge in [0.1, 0.15) is 17.0 Å². The number of nitrogens with zero attached hydrogens (tertiary/aromatic N) is 5. The van der Waals surface area contributed by atoms with Crippen LogP contribution < -0.4 is 4.74 Å². The zero-order valence-corrected chi connectivity index (χ0v) is 15.7. The van der Waals surface area contributed by atoms with Crippen LogP contribution in [0, 0.1) is 0 Å². The molecule has 1 aromatic carbocycles. The van der Waals surface area contributed by atoms with E-state index in [0.29, 0.717) is 25.3 Å². The van der Waals surface area contributed by atoms with Crippen molar-refractivity contribution in [2.45, 2.75) is 38.0 Å². The van der Waals surface area contributed by atoms with Gasteiger partial charge in [-0.2, -0.15) is 10.2 Å². The molecule has 28 heavy (non-hydrogen) atoms. The maximum atomic E-state index is 12.9. The van der Waals surface area contributed by atoms with Crippen molar-refractivity contribution in [3.63, 3.8) is 0 Å². The smallest absolute Gasteiger partial charge is 0.274 e. The van der Waals surface area contributed by atoms with Gasteiger partial charge >= 0.3 is 0 Å². The van der Waals surface area contributed by atoms with E-state index in [1.165, 1.54) is 5.56 Å². The molecular weight excluding hydrogens is 354 g/mol. The number of fused-ring (bicyclic) bond motifs is 1. The fourth-order valence-corrected chi connectivity index (χ4v) is 4.16. The fraction of sp³-hybridized carbons (Fsp3) is 0.381. The van der Waals surface area contributed by atoms with Crippen LogP contribution >= 0.6 is 0 Å². The number of carbonyl (C=O) groups excluding carboxylic acids is 1. The number of aryl methyl sites for hydroxylation is 3. The van der Waals surface area contributed by atoms with Gasteiger partial charge in [-0.05, 0) is 36.6 Å². The minimum atomic E-state index is -0.257. The standard InChI is InChI=1S/C21H23N5O2/c27-20(18-7-12-26(23-18)15-14-25-11-3-10-22-25)24-13-9-21(16-24)8-6-17-4-1-2-5-19(17)28-21/h1-5,7,10-12H,6,8-9,13-16H2. The summed E-state index contributed by atoms with van der Waals surface area (Å²) in [6.45, 7) is 2.74. The summed E-state index contributed by atoms with van der Waals surface area (Å²) >= 11 is 0. The molecule has 1 unspecified atom stereocenters. The van der Waals surface area contributed by atoms with Crippen LogP contribution in [0.5, 0.6) is 5.75 Å². The third-order valence-corrected chi connectivity index (χ3v) is 5.73. The first-order valence-electron chi connectivity index (χ1n) is 9.78. The molecule has 0 aliphatic carbocycles. The van der Waals surface area contributed by atoms with Gasteiger partial charge in [0.15, 0.2) is 0 Å². The third-order valence-electron chi connectivity index (χ3n) is 5.73. The molecule has 1 atom stereocenters. The Bertz CT molecular complexity index is 980. The van der Waals surface area contributed by atoms with E-state index in [4.69, 9.17) is 4.74 Å². The molecule has 0 N–H and O–H groups in total. The second-order valence-corrected chi connectivity index (χ2v) is 7.60. The van der Waals surface area contributed by atoms with Crippen molar-refractivity contribution in [2.24, 2.45) is 0 Å². The topological polar surface area (TPSA) is 65.2 Å². The largest absolute Gasteiger partial charge is 0.485 e. The number of para-hydroxylation sites is 1. The van der Waals surface area contributed by atoms with Gasteiger partial charge in [-0.3, -0.25) is 14.2 Å². The van der Waals surface area contributed by atoms with E-state index in [1.54, 1.807) is 16.9 Å². The summed E-state index contributed by atoms with van der Waals surface area (Å²) in [6.07, 6.45) is 8.35. The Kier molecular flexibility index (Phi) is 4.15. The number of likely N-dealkylation sites (tertiary alicyclic amines) is 1. The molecule has 7 nitrogen and oxygen atoms in total. The maximum Gasteiger partial charge on any atom is 0.274 e. The summed E-state index contributed by atoms with van der Waals surface area (Å²) in [7, 11) is 0. The number of benzene rings is 1. The fourth-order valence-electron chi connectivity index (χ4n) is 4.16. The Morgan fingerprint density at radius 2 is 1.96 bits per heavy atom. The minimum absolute atomic E-state index is 0.0165. The van der Waals surface area contributed by atoms with Gasteiger partial charge in [0, 0.05) is 31.6 Å². The Morgan fingerprint density at radius 1 is 1.07 bits per heavy atom. The highest BCUT2D eigenvalue weighted by Crippen LogP contribution is 2.38. The highest BCUT2D eigenvalue weighted by Gasteiger charge is 2.44. The van der Waals surface area contributed by atoms with Crippen molar-refractivity contribution in [1.82, 2.24) is 24.5 Å². The van der Waals surface area contributed by atoms with E-state index < -0.39 is 0 Å². The molecule has 7 heteroatoms. The first kappa shape index (κ1) is 17.0. The average Bonchev–Trinajstić information content (AvgIpc) is 3.47. The highest BCUT2D eigenvalue weighted by atomic mass is 16.5. The predicted octanol–water partition coefficient (Wildman–Crippen LogP) is 2.39. The normalized spacial score (nSPS) is 20.9. The monoisotopic (exact) mass is 377 g/mol. The van der Waals surface area contributed by atoms with E-state index in [9.17, 15) is 4.79 Å². The molecule has 1 fully saturated rings. The lowest BCUT2D eigenvalue weighted by Gasteiger charge is -2.35. The van der Waals surface area contributed by atoms with Crippen LogP contribution in [0.2, 0.25) is 0 Å². The lowest BCUT2D eigenvalue weighted by Crippen LogP contribution is -2.43. The summed E-state index contributed by atoms with van der Waals surface area (Å²) < 4.78 is 10.0. The van der Waals surface area contributed by atoms with Crippen molar-refractivity contribution in [3.8, 4) is 5.75 Å². The van der Waals surface area contributed by atoms with Gasteiger partial charge in [-0.15, -0.1) is 0 Å². The van der Waals surface area contributed by atoms with E-state index in [-0.39, 0.29) is 11.5 Å². The molecule has 1 spiro atoms. The molecule has 2 aliphatic rings. The van der Waals surface area contributed by atoms with Crippen LogP contribution in [-0.4, -0.2) is 49.1 Å². The van der Waals surface area contributed by atoms with Crippen LogP contribution in [0.1, 0.15) is 28.9 Å². The van der Waals surface area contributed by atoms with Gasteiger partial charge in [0.05, 0.1) is 19.6 Å². The lowest BCUT2D eigenvalue weighted by molar-refractivity contribution is 0.0482. The van der Waals surface area contributed by atoms with E-state index in [0.717, 1.165) is 31.6 Å². The number of rotatable bonds is 4.